The van der Waals surface area contributed by atoms with Crippen molar-refractivity contribution in [3.63, 3.8) is 0 Å². The van der Waals surface area contributed by atoms with Gasteiger partial charge in [-0.15, -0.1) is 18.3 Å². The van der Waals surface area contributed by atoms with Crippen LogP contribution in [0.4, 0.5) is 24.8 Å². The van der Waals surface area contributed by atoms with Gasteiger partial charge in [-0.25, -0.2) is 15.1 Å². The number of nitrogen functional groups attached to an aromatic ring is 1. The van der Waals surface area contributed by atoms with Crippen LogP contribution in [0.3, 0.4) is 0 Å². The lowest BCUT2D eigenvalue weighted by Crippen LogP contribution is -2.36. The molecule has 0 spiro atoms. The number of nitrogens with two attached hydrogens (primary N) is 1. The molecule has 0 saturated carbocycles. The third-order valence-corrected chi connectivity index (χ3v) is 5.38. The van der Waals surface area contributed by atoms with Crippen LogP contribution in [0.15, 0.2) is 42.6 Å². The molecule has 0 unspecified atom stereocenters. The molecule has 0 amide bonds. The van der Waals surface area contributed by atoms with Crippen LogP contribution in [-0.2, 0) is 11.3 Å². The molecule has 4 aromatic rings. The molecule has 0 atom stereocenters. The average molecular weight is 487 g/mol. The zero-order valence-electron chi connectivity index (χ0n) is 18.2. The molecular weight excluding hydrogens is 467 g/mol. The Labute approximate surface area is 196 Å². The SMILES string of the molecule is Nc1cc(OCc2ccc(-c3ccc(N4CCOCC4)nc3)cc2OC(F)(F)F)c2nn[nH]c2n1. The first-order valence-electron chi connectivity index (χ1n) is 10.6. The van der Waals surface area contributed by atoms with E-state index >= 15 is 0 Å². The Morgan fingerprint density at radius 1 is 1.06 bits per heavy atom. The Hall–Kier alpha value is -4.13. The van der Waals surface area contributed by atoms with Gasteiger partial charge in [0.05, 0.1) is 13.2 Å². The lowest BCUT2D eigenvalue weighted by atomic mass is 10.0. The van der Waals surface area contributed by atoms with Crippen LogP contribution < -0.4 is 20.1 Å². The Balaban J connectivity index is 1.40. The van der Waals surface area contributed by atoms with Gasteiger partial charge in [-0.3, -0.25) is 0 Å². The maximum Gasteiger partial charge on any atom is 0.573 e. The number of ether oxygens (including phenoxy) is 3. The number of halogens is 3. The van der Waals surface area contributed by atoms with Crippen LogP contribution in [0.25, 0.3) is 22.3 Å². The molecule has 4 heterocycles. The predicted octanol–water partition coefficient (Wildman–Crippen LogP) is 3.31. The monoisotopic (exact) mass is 487 g/mol. The number of rotatable bonds is 6. The van der Waals surface area contributed by atoms with E-state index in [1.54, 1.807) is 12.3 Å². The molecule has 1 aromatic carbocycles. The highest BCUT2D eigenvalue weighted by Crippen LogP contribution is 2.33. The van der Waals surface area contributed by atoms with Gasteiger partial charge in [-0.2, -0.15) is 0 Å². The number of pyridine rings is 2. The zero-order valence-corrected chi connectivity index (χ0v) is 18.2. The minimum atomic E-state index is -4.88. The van der Waals surface area contributed by atoms with Crippen LogP contribution >= 0.6 is 0 Å². The standard InChI is InChI=1S/C22H20F3N7O3/c23-22(24,25)35-16-9-13(14-3-4-19(27-11-14)32-5-7-33-8-6-32)1-2-15(16)12-34-17-10-18(26)28-21-20(17)29-31-30-21/h1-4,9-11H,5-8,12H2,(H3,26,28,29,30,31). The number of anilines is 2. The molecule has 35 heavy (non-hydrogen) atoms. The fourth-order valence-electron chi connectivity index (χ4n) is 3.71. The van der Waals surface area contributed by atoms with E-state index < -0.39 is 6.36 Å². The van der Waals surface area contributed by atoms with Crippen LogP contribution in [0.2, 0.25) is 0 Å². The topological polar surface area (TPSA) is 124 Å². The zero-order chi connectivity index (χ0) is 24.4. The van der Waals surface area contributed by atoms with Gasteiger partial charge in [0, 0.05) is 36.5 Å². The maximum atomic E-state index is 13.2. The number of aromatic nitrogens is 5. The maximum absolute atomic E-state index is 13.2. The second-order valence-corrected chi connectivity index (χ2v) is 7.72. The fraction of sp³-hybridized carbons (Fsp3) is 0.273. The first-order chi connectivity index (χ1) is 16.9. The Morgan fingerprint density at radius 3 is 2.60 bits per heavy atom. The molecule has 5 rings (SSSR count). The number of hydrogen-bond acceptors (Lipinski definition) is 9. The largest absolute Gasteiger partial charge is 0.573 e. The van der Waals surface area contributed by atoms with Crippen LogP contribution in [0, 0.1) is 0 Å². The number of nitrogens with zero attached hydrogens (tertiary/aromatic N) is 5. The van der Waals surface area contributed by atoms with Crippen LogP contribution in [0.1, 0.15) is 5.56 Å². The number of aromatic amines is 1. The van der Waals surface area contributed by atoms with E-state index in [0.29, 0.717) is 35.5 Å². The number of H-pyrrole nitrogens is 1. The smallest absolute Gasteiger partial charge is 0.486 e. The van der Waals surface area contributed by atoms with Crippen molar-refractivity contribution in [3.05, 3.63) is 48.2 Å². The molecule has 0 aliphatic carbocycles. The average Bonchev–Trinajstić information content (AvgIpc) is 3.31. The van der Waals surface area contributed by atoms with Gasteiger partial charge < -0.3 is 24.8 Å². The van der Waals surface area contributed by atoms with Crippen molar-refractivity contribution in [2.75, 3.05) is 36.9 Å². The van der Waals surface area contributed by atoms with Gasteiger partial charge in [0.15, 0.2) is 16.9 Å². The molecule has 1 saturated heterocycles. The lowest BCUT2D eigenvalue weighted by molar-refractivity contribution is -0.275. The summed E-state index contributed by atoms with van der Waals surface area (Å²) in [7, 11) is 0. The molecule has 10 nitrogen and oxygen atoms in total. The highest BCUT2D eigenvalue weighted by atomic mass is 19.4. The number of morpholine rings is 1. The number of benzene rings is 1. The van der Waals surface area contributed by atoms with E-state index in [9.17, 15) is 13.2 Å². The summed E-state index contributed by atoms with van der Waals surface area (Å²) < 4.78 is 54.8. The number of hydrogen-bond donors (Lipinski definition) is 2. The predicted molar refractivity (Wildman–Crippen MR) is 120 cm³/mol. The van der Waals surface area contributed by atoms with Crippen molar-refractivity contribution >= 4 is 22.8 Å². The van der Waals surface area contributed by atoms with Crippen molar-refractivity contribution in [1.29, 1.82) is 0 Å². The lowest BCUT2D eigenvalue weighted by Gasteiger charge is -2.27. The van der Waals surface area contributed by atoms with Crippen molar-refractivity contribution in [2.45, 2.75) is 13.0 Å². The Morgan fingerprint density at radius 2 is 1.86 bits per heavy atom. The number of alkyl halides is 3. The first-order valence-corrected chi connectivity index (χ1v) is 10.6. The van der Waals surface area contributed by atoms with Gasteiger partial charge >= 0.3 is 6.36 Å². The second kappa shape index (κ2) is 9.25. The molecule has 182 valence electrons. The Bertz CT molecular complexity index is 1320. The van der Waals surface area contributed by atoms with Gasteiger partial charge in [0.25, 0.3) is 0 Å². The quantitative estimate of drug-likeness (QED) is 0.421. The molecule has 3 N–H and O–H groups in total. The summed E-state index contributed by atoms with van der Waals surface area (Å²) in [5.41, 5.74) is 7.70. The van der Waals surface area contributed by atoms with Gasteiger partial charge in [-0.05, 0) is 23.8 Å². The third kappa shape index (κ3) is 5.19. The third-order valence-electron chi connectivity index (χ3n) is 5.38. The van der Waals surface area contributed by atoms with Crippen molar-refractivity contribution < 1.29 is 27.4 Å². The number of nitrogens with one attached hydrogen (secondary N) is 1. The molecule has 13 heteroatoms. The summed E-state index contributed by atoms with van der Waals surface area (Å²) in [6.45, 7) is 2.48. The van der Waals surface area contributed by atoms with Crippen LogP contribution in [0.5, 0.6) is 11.5 Å². The molecular formula is C22H20F3N7O3. The van der Waals surface area contributed by atoms with E-state index in [4.69, 9.17) is 15.2 Å². The molecule has 1 aliphatic heterocycles. The highest BCUT2D eigenvalue weighted by Gasteiger charge is 2.32. The summed E-state index contributed by atoms with van der Waals surface area (Å²) in [6, 6.07) is 9.56. The second-order valence-electron chi connectivity index (χ2n) is 7.72. The van der Waals surface area contributed by atoms with Gasteiger partial charge in [0.2, 0.25) is 0 Å². The summed E-state index contributed by atoms with van der Waals surface area (Å²) in [5, 5.41) is 10.1. The molecule has 1 fully saturated rings. The normalized spacial score (nSPS) is 14.3. The summed E-state index contributed by atoms with van der Waals surface area (Å²) in [4.78, 5) is 10.6. The molecule has 1 aliphatic rings. The minimum absolute atomic E-state index is 0.147. The highest BCUT2D eigenvalue weighted by molar-refractivity contribution is 5.79. The van der Waals surface area contributed by atoms with Crippen LogP contribution in [-0.4, -0.2) is 58.0 Å². The van der Waals surface area contributed by atoms with Gasteiger partial charge in [0.1, 0.15) is 24.0 Å². The van der Waals surface area contributed by atoms with E-state index in [0.717, 1.165) is 18.9 Å². The summed E-state index contributed by atoms with van der Waals surface area (Å²) >= 11 is 0. The number of fused-ring (bicyclic) bond motifs is 1. The molecule has 0 radical (unpaired) electrons. The van der Waals surface area contributed by atoms with Crippen molar-refractivity contribution in [3.8, 4) is 22.6 Å². The fourth-order valence-corrected chi connectivity index (χ4v) is 3.71. The first kappa shape index (κ1) is 22.7. The molecule has 3 aromatic heterocycles. The van der Waals surface area contributed by atoms with E-state index in [1.807, 2.05) is 12.1 Å². The van der Waals surface area contributed by atoms with E-state index in [2.05, 4.69) is 35.0 Å². The van der Waals surface area contributed by atoms with Crippen molar-refractivity contribution in [1.82, 2.24) is 25.4 Å². The summed E-state index contributed by atoms with van der Waals surface area (Å²) in [5.74, 6) is 0.773. The molecule has 0 bridgehead atoms. The van der Waals surface area contributed by atoms with Crippen molar-refractivity contribution in [2.24, 2.45) is 0 Å². The van der Waals surface area contributed by atoms with E-state index in [1.165, 1.54) is 18.2 Å². The van der Waals surface area contributed by atoms with Gasteiger partial charge in [-0.1, -0.05) is 17.3 Å². The minimum Gasteiger partial charge on any atom is -0.486 e. The van der Waals surface area contributed by atoms with E-state index in [-0.39, 0.29) is 29.5 Å². The Kier molecular flexibility index (Phi) is 5.99. The summed E-state index contributed by atoms with van der Waals surface area (Å²) in [6.07, 6.45) is -3.26.